The van der Waals surface area contributed by atoms with Crippen molar-refractivity contribution in [1.82, 2.24) is 15.0 Å². The number of ether oxygens (including phenoxy) is 1. The van der Waals surface area contributed by atoms with E-state index in [1.807, 2.05) is 54.6 Å². The van der Waals surface area contributed by atoms with Crippen LogP contribution in [0.4, 0.5) is 0 Å². The van der Waals surface area contributed by atoms with Crippen LogP contribution in [0.5, 0.6) is 5.75 Å². The third-order valence-electron chi connectivity index (χ3n) is 4.63. The number of aromatic nitrogens is 3. The van der Waals surface area contributed by atoms with Crippen LogP contribution in [0.2, 0.25) is 0 Å². The van der Waals surface area contributed by atoms with Crippen LogP contribution in [0, 0.1) is 0 Å². The van der Waals surface area contributed by atoms with Gasteiger partial charge in [0.2, 0.25) is 5.91 Å². The number of carbonyl (C=O) groups excluding carboxylic acids is 1. The monoisotopic (exact) mass is 384 g/mol. The lowest BCUT2D eigenvalue weighted by atomic mass is 10.1. The smallest absolute Gasteiger partial charge is 0.248 e. The molecule has 0 unspecified atom stereocenters. The molecule has 0 fully saturated rings. The predicted molar refractivity (Wildman–Crippen MR) is 112 cm³/mol. The van der Waals surface area contributed by atoms with E-state index in [2.05, 4.69) is 9.97 Å². The van der Waals surface area contributed by atoms with Gasteiger partial charge in [0, 0.05) is 23.7 Å². The molecule has 1 amide bonds. The molecule has 0 bridgehead atoms. The zero-order valence-electron chi connectivity index (χ0n) is 15.9. The molecule has 4 rings (SSSR count). The van der Waals surface area contributed by atoms with E-state index < -0.39 is 5.91 Å². The normalized spacial score (nSPS) is 10.7. The molecule has 3 N–H and O–H groups in total. The summed E-state index contributed by atoms with van der Waals surface area (Å²) >= 11 is 0. The minimum absolute atomic E-state index is 0.438. The Hall–Kier alpha value is -3.93. The molecule has 0 radical (unpaired) electrons. The highest BCUT2D eigenvalue weighted by molar-refractivity contribution is 5.92. The highest BCUT2D eigenvalue weighted by atomic mass is 16.5. The number of benzene rings is 2. The van der Waals surface area contributed by atoms with E-state index >= 15 is 0 Å². The van der Waals surface area contributed by atoms with Gasteiger partial charge in [-0.1, -0.05) is 30.3 Å². The van der Waals surface area contributed by atoms with Gasteiger partial charge in [-0.15, -0.1) is 0 Å². The van der Waals surface area contributed by atoms with Crippen LogP contribution < -0.4 is 10.5 Å². The molecule has 2 heterocycles. The second kappa shape index (κ2) is 7.98. The average Bonchev–Trinajstić information content (AvgIpc) is 3.18. The summed E-state index contributed by atoms with van der Waals surface area (Å²) in [5, 5.41) is 0. The first-order chi connectivity index (χ1) is 14.1. The van der Waals surface area contributed by atoms with Crippen molar-refractivity contribution in [1.29, 1.82) is 0 Å². The number of amides is 1. The van der Waals surface area contributed by atoms with Crippen molar-refractivity contribution >= 4 is 5.91 Å². The topological polar surface area (TPSA) is 93.9 Å². The van der Waals surface area contributed by atoms with E-state index in [9.17, 15) is 4.79 Å². The summed E-state index contributed by atoms with van der Waals surface area (Å²) in [6.07, 6.45) is 2.34. The molecule has 2 aromatic heterocycles. The van der Waals surface area contributed by atoms with Gasteiger partial charge in [0.25, 0.3) is 0 Å². The van der Waals surface area contributed by atoms with Gasteiger partial charge in [0.05, 0.1) is 24.2 Å². The number of pyridine rings is 1. The molecule has 0 aliphatic heterocycles. The van der Waals surface area contributed by atoms with Crippen LogP contribution in [0.1, 0.15) is 21.7 Å². The van der Waals surface area contributed by atoms with E-state index in [-0.39, 0.29) is 0 Å². The Bertz CT molecular complexity index is 1140. The van der Waals surface area contributed by atoms with E-state index in [1.54, 1.807) is 25.4 Å². The molecule has 0 aliphatic carbocycles. The molecule has 6 heteroatoms. The van der Waals surface area contributed by atoms with Crippen LogP contribution in [-0.4, -0.2) is 28.0 Å². The highest BCUT2D eigenvalue weighted by Gasteiger charge is 2.16. The van der Waals surface area contributed by atoms with Crippen LogP contribution >= 0.6 is 0 Å². The largest absolute Gasteiger partial charge is 0.497 e. The van der Waals surface area contributed by atoms with Crippen LogP contribution in [0.3, 0.4) is 0 Å². The molecule has 0 spiro atoms. The number of aromatic amines is 1. The van der Waals surface area contributed by atoms with Crippen molar-refractivity contribution < 1.29 is 9.53 Å². The number of nitrogens with two attached hydrogens (primary N) is 1. The number of rotatable bonds is 6. The molecule has 0 atom stereocenters. The molecule has 6 nitrogen and oxygen atoms in total. The van der Waals surface area contributed by atoms with Crippen LogP contribution in [-0.2, 0) is 6.42 Å². The first kappa shape index (κ1) is 18.4. The Balaban J connectivity index is 1.74. The summed E-state index contributed by atoms with van der Waals surface area (Å²) in [4.78, 5) is 24.0. The summed E-state index contributed by atoms with van der Waals surface area (Å²) < 4.78 is 5.36. The number of imidazole rings is 1. The molecule has 29 heavy (non-hydrogen) atoms. The summed E-state index contributed by atoms with van der Waals surface area (Å²) in [5.74, 6) is 1.13. The Kier molecular flexibility index (Phi) is 5.07. The quantitative estimate of drug-likeness (QED) is 0.528. The lowest BCUT2D eigenvalue weighted by Gasteiger charge is -2.04. The Morgan fingerprint density at radius 2 is 1.90 bits per heavy atom. The van der Waals surface area contributed by atoms with Crippen LogP contribution in [0.15, 0.2) is 72.9 Å². The Morgan fingerprint density at radius 3 is 2.59 bits per heavy atom. The number of primary amides is 1. The molecule has 4 aromatic rings. The second-order valence-corrected chi connectivity index (χ2v) is 6.59. The summed E-state index contributed by atoms with van der Waals surface area (Å²) in [5.41, 5.74) is 10.2. The lowest BCUT2D eigenvalue weighted by molar-refractivity contribution is 0.100. The van der Waals surface area contributed by atoms with E-state index in [4.69, 9.17) is 15.5 Å². The number of nitrogens with one attached hydrogen (secondary N) is 1. The number of hydrogen-bond acceptors (Lipinski definition) is 4. The minimum Gasteiger partial charge on any atom is -0.497 e. The number of carbonyl (C=O) groups is 1. The zero-order chi connectivity index (χ0) is 20.2. The van der Waals surface area contributed by atoms with Crippen molar-refractivity contribution in [3.05, 3.63) is 89.9 Å². The predicted octanol–water partition coefficient (Wildman–Crippen LogP) is 3.84. The highest BCUT2D eigenvalue weighted by Crippen LogP contribution is 2.31. The lowest BCUT2D eigenvalue weighted by Crippen LogP contribution is -2.10. The maximum Gasteiger partial charge on any atom is 0.248 e. The summed E-state index contributed by atoms with van der Waals surface area (Å²) in [6, 6.07) is 20.8. The number of H-pyrrole nitrogens is 1. The van der Waals surface area contributed by atoms with Gasteiger partial charge in [-0.2, -0.15) is 0 Å². The molecule has 0 saturated carbocycles. The van der Waals surface area contributed by atoms with Crippen molar-refractivity contribution in [3.63, 3.8) is 0 Å². The molecule has 0 aliphatic rings. The summed E-state index contributed by atoms with van der Waals surface area (Å²) in [6.45, 7) is 0. The van der Waals surface area contributed by atoms with Gasteiger partial charge in [0.15, 0.2) is 0 Å². The number of hydrogen-bond donors (Lipinski definition) is 2. The Morgan fingerprint density at radius 1 is 1.07 bits per heavy atom. The molecule has 0 saturated heterocycles. The fourth-order valence-corrected chi connectivity index (χ4v) is 3.16. The third kappa shape index (κ3) is 4.01. The minimum atomic E-state index is -0.438. The second-order valence-electron chi connectivity index (χ2n) is 6.59. The first-order valence-electron chi connectivity index (χ1n) is 9.17. The fourth-order valence-electron chi connectivity index (χ4n) is 3.16. The SMILES string of the molecule is COc1cccc(-c2nc(Cc3ccc(C(N)=O)cc3)[nH]c2-c2ccccn2)c1. The van der Waals surface area contributed by atoms with Crippen molar-refractivity contribution in [3.8, 4) is 28.4 Å². The zero-order valence-corrected chi connectivity index (χ0v) is 15.9. The van der Waals surface area contributed by atoms with E-state index in [0.29, 0.717) is 12.0 Å². The maximum atomic E-state index is 11.3. The average molecular weight is 384 g/mol. The molecule has 2 aromatic carbocycles. The molecule has 144 valence electrons. The van der Waals surface area contributed by atoms with Gasteiger partial charge >= 0.3 is 0 Å². The van der Waals surface area contributed by atoms with Gasteiger partial charge in [-0.05, 0) is 42.0 Å². The first-order valence-corrected chi connectivity index (χ1v) is 9.17. The fraction of sp³-hybridized carbons (Fsp3) is 0.0870. The van der Waals surface area contributed by atoms with E-state index in [1.165, 1.54) is 0 Å². The third-order valence-corrected chi connectivity index (χ3v) is 4.63. The summed E-state index contributed by atoms with van der Waals surface area (Å²) in [7, 11) is 1.64. The van der Waals surface area contributed by atoms with E-state index in [0.717, 1.165) is 39.8 Å². The van der Waals surface area contributed by atoms with Gasteiger partial charge in [-0.3, -0.25) is 9.78 Å². The standard InChI is InChI=1S/C23H20N4O2/c1-29-18-6-4-5-17(14-18)21-22(19-7-2-3-12-25-19)27-20(26-21)13-15-8-10-16(11-9-15)23(24)28/h2-12,14H,13H2,1H3,(H2,24,28)(H,26,27). The van der Waals surface area contributed by atoms with Crippen molar-refractivity contribution in [2.45, 2.75) is 6.42 Å². The number of nitrogens with zero attached hydrogens (tertiary/aromatic N) is 2. The number of methoxy groups -OCH3 is 1. The van der Waals surface area contributed by atoms with Crippen molar-refractivity contribution in [2.24, 2.45) is 5.73 Å². The van der Waals surface area contributed by atoms with Crippen LogP contribution in [0.25, 0.3) is 22.6 Å². The van der Waals surface area contributed by atoms with Gasteiger partial charge < -0.3 is 15.5 Å². The Labute approximate surface area is 168 Å². The molecular formula is C23H20N4O2. The van der Waals surface area contributed by atoms with Gasteiger partial charge in [0.1, 0.15) is 11.6 Å². The molecular weight excluding hydrogens is 364 g/mol. The maximum absolute atomic E-state index is 11.3. The van der Waals surface area contributed by atoms with Crippen molar-refractivity contribution in [2.75, 3.05) is 7.11 Å². The van der Waals surface area contributed by atoms with Gasteiger partial charge in [-0.25, -0.2) is 4.98 Å².